The van der Waals surface area contributed by atoms with Crippen LogP contribution in [0.4, 0.5) is 5.69 Å². The summed E-state index contributed by atoms with van der Waals surface area (Å²) in [6, 6.07) is 3.01. The van der Waals surface area contributed by atoms with Gasteiger partial charge in [0, 0.05) is 12.1 Å². The summed E-state index contributed by atoms with van der Waals surface area (Å²) >= 11 is 0. The Morgan fingerprint density at radius 1 is 1.45 bits per heavy atom. The molecule has 0 bridgehead atoms. The van der Waals surface area contributed by atoms with Crippen LogP contribution in [0.15, 0.2) is 22.9 Å². The van der Waals surface area contributed by atoms with Gasteiger partial charge < -0.3 is 15.3 Å². The number of nitrogens with zero attached hydrogens (tertiary/aromatic N) is 1. The predicted octanol–water partition coefficient (Wildman–Crippen LogP) is 1.12. The minimum atomic E-state index is 0.0337. The van der Waals surface area contributed by atoms with E-state index in [0.29, 0.717) is 16.8 Å². The summed E-state index contributed by atoms with van der Waals surface area (Å²) in [7, 11) is 0. The molecule has 4 heteroatoms. The normalized spacial score (nSPS) is 10.5. The van der Waals surface area contributed by atoms with Gasteiger partial charge in [-0.15, -0.1) is 0 Å². The SMILES string of the molecule is Nc1cc2ocnc2cc1O. The molecule has 0 fully saturated rings. The minimum absolute atomic E-state index is 0.0337. The van der Waals surface area contributed by atoms with Crippen LogP contribution in [0.5, 0.6) is 5.75 Å². The fourth-order valence-corrected chi connectivity index (χ4v) is 0.908. The number of phenolic OH excluding ortho intramolecular Hbond substituents is 1. The van der Waals surface area contributed by atoms with Crippen molar-refractivity contribution in [2.45, 2.75) is 0 Å². The largest absolute Gasteiger partial charge is 0.506 e. The summed E-state index contributed by atoms with van der Waals surface area (Å²) in [5.74, 6) is 0.0337. The summed E-state index contributed by atoms with van der Waals surface area (Å²) in [5.41, 5.74) is 6.90. The number of fused-ring (bicyclic) bond motifs is 1. The first-order valence-corrected chi connectivity index (χ1v) is 3.09. The molecule has 0 saturated heterocycles. The molecule has 1 aromatic carbocycles. The Hall–Kier alpha value is -1.71. The first kappa shape index (κ1) is 6.03. The Balaban J connectivity index is 2.86. The Kier molecular flexibility index (Phi) is 1.03. The molecule has 0 spiro atoms. The average molecular weight is 150 g/mol. The van der Waals surface area contributed by atoms with Gasteiger partial charge in [-0.05, 0) is 0 Å². The molecule has 2 rings (SSSR count). The van der Waals surface area contributed by atoms with Crippen LogP contribution in [-0.2, 0) is 0 Å². The number of aromatic nitrogens is 1. The molecule has 0 atom stereocenters. The lowest BCUT2D eigenvalue weighted by Crippen LogP contribution is -1.84. The Labute approximate surface area is 62.3 Å². The van der Waals surface area contributed by atoms with Gasteiger partial charge >= 0.3 is 0 Å². The third-order valence-electron chi connectivity index (χ3n) is 1.48. The highest BCUT2D eigenvalue weighted by Crippen LogP contribution is 2.25. The smallest absolute Gasteiger partial charge is 0.181 e. The summed E-state index contributed by atoms with van der Waals surface area (Å²) in [6.45, 7) is 0. The quantitative estimate of drug-likeness (QED) is 0.436. The van der Waals surface area contributed by atoms with Crippen molar-refractivity contribution >= 4 is 16.8 Å². The number of hydrogen-bond donors (Lipinski definition) is 2. The Morgan fingerprint density at radius 2 is 2.27 bits per heavy atom. The average Bonchev–Trinajstić information content (AvgIpc) is 2.36. The van der Waals surface area contributed by atoms with E-state index in [1.54, 1.807) is 0 Å². The Bertz CT molecular complexity index is 358. The number of nitrogen functional groups attached to an aromatic ring is 1. The fraction of sp³-hybridized carbons (Fsp3) is 0. The van der Waals surface area contributed by atoms with Gasteiger partial charge in [0.1, 0.15) is 11.3 Å². The maximum Gasteiger partial charge on any atom is 0.181 e. The molecule has 0 aliphatic heterocycles. The van der Waals surface area contributed by atoms with Crippen molar-refractivity contribution in [1.82, 2.24) is 4.98 Å². The van der Waals surface area contributed by atoms with Crippen LogP contribution < -0.4 is 5.73 Å². The zero-order valence-electron chi connectivity index (χ0n) is 5.61. The molecule has 0 aliphatic rings. The highest BCUT2D eigenvalue weighted by Gasteiger charge is 2.02. The van der Waals surface area contributed by atoms with Crippen molar-refractivity contribution in [3.8, 4) is 5.75 Å². The van der Waals surface area contributed by atoms with Crippen LogP contribution in [-0.4, -0.2) is 10.1 Å². The topological polar surface area (TPSA) is 72.3 Å². The third kappa shape index (κ3) is 0.797. The van der Waals surface area contributed by atoms with E-state index in [-0.39, 0.29) is 5.75 Å². The van der Waals surface area contributed by atoms with Crippen molar-refractivity contribution < 1.29 is 9.52 Å². The van der Waals surface area contributed by atoms with Gasteiger partial charge in [0.2, 0.25) is 0 Å². The maximum absolute atomic E-state index is 9.13. The molecular weight excluding hydrogens is 144 g/mol. The second kappa shape index (κ2) is 1.88. The summed E-state index contributed by atoms with van der Waals surface area (Å²) < 4.78 is 4.95. The van der Waals surface area contributed by atoms with E-state index in [1.807, 2.05) is 0 Å². The number of hydrogen-bond acceptors (Lipinski definition) is 4. The van der Waals surface area contributed by atoms with Gasteiger partial charge in [0.05, 0.1) is 5.69 Å². The van der Waals surface area contributed by atoms with Crippen LogP contribution in [0.2, 0.25) is 0 Å². The lowest BCUT2D eigenvalue weighted by atomic mass is 10.3. The van der Waals surface area contributed by atoms with Crippen LogP contribution in [0.25, 0.3) is 11.1 Å². The maximum atomic E-state index is 9.13. The molecule has 0 unspecified atom stereocenters. The summed E-state index contributed by atoms with van der Waals surface area (Å²) in [4.78, 5) is 3.84. The van der Waals surface area contributed by atoms with Crippen LogP contribution >= 0.6 is 0 Å². The monoisotopic (exact) mass is 150 g/mol. The summed E-state index contributed by atoms with van der Waals surface area (Å²) in [5, 5.41) is 9.13. The van der Waals surface area contributed by atoms with Crippen molar-refractivity contribution in [3.05, 3.63) is 18.5 Å². The number of oxazole rings is 1. The molecule has 0 aliphatic carbocycles. The lowest BCUT2D eigenvalue weighted by Gasteiger charge is -1.95. The molecular formula is C7H6N2O2. The molecule has 0 radical (unpaired) electrons. The van der Waals surface area contributed by atoms with Crippen LogP contribution in [0, 0.1) is 0 Å². The van der Waals surface area contributed by atoms with E-state index >= 15 is 0 Å². The first-order valence-electron chi connectivity index (χ1n) is 3.09. The Morgan fingerprint density at radius 3 is 3.09 bits per heavy atom. The number of nitrogens with two attached hydrogens (primary N) is 1. The van der Waals surface area contributed by atoms with Crippen molar-refractivity contribution in [2.75, 3.05) is 5.73 Å². The van der Waals surface area contributed by atoms with Crippen molar-refractivity contribution in [2.24, 2.45) is 0 Å². The van der Waals surface area contributed by atoms with Crippen LogP contribution in [0.3, 0.4) is 0 Å². The van der Waals surface area contributed by atoms with Gasteiger partial charge in [0.15, 0.2) is 12.0 Å². The van der Waals surface area contributed by atoms with E-state index in [2.05, 4.69) is 4.98 Å². The van der Waals surface area contributed by atoms with Gasteiger partial charge in [-0.1, -0.05) is 0 Å². The number of phenols is 1. The highest BCUT2D eigenvalue weighted by atomic mass is 16.3. The van der Waals surface area contributed by atoms with Crippen molar-refractivity contribution in [1.29, 1.82) is 0 Å². The summed E-state index contributed by atoms with van der Waals surface area (Å²) in [6.07, 6.45) is 1.31. The number of rotatable bonds is 0. The molecule has 1 aromatic heterocycles. The minimum Gasteiger partial charge on any atom is -0.506 e. The van der Waals surface area contributed by atoms with Gasteiger partial charge in [-0.25, -0.2) is 4.98 Å². The lowest BCUT2D eigenvalue weighted by molar-refractivity contribution is 0.478. The molecule has 0 saturated carbocycles. The zero-order valence-corrected chi connectivity index (χ0v) is 5.61. The molecule has 0 amide bonds. The molecule has 2 aromatic rings. The third-order valence-corrected chi connectivity index (χ3v) is 1.48. The second-order valence-corrected chi connectivity index (χ2v) is 2.23. The van der Waals surface area contributed by atoms with E-state index in [9.17, 15) is 0 Å². The van der Waals surface area contributed by atoms with Gasteiger partial charge in [-0.3, -0.25) is 0 Å². The standard InChI is InChI=1S/C7H6N2O2/c8-4-1-7-5(2-6(4)10)9-3-11-7/h1-3,10H,8H2. The van der Waals surface area contributed by atoms with E-state index in [1.165, 1.54) is 18.5 Å². The fourth-order valence-electron chi connectivity index (χ4n) is 0.908. The molecule has 11 heavy (non-hydrogen) atoms. The van der Waals surface area contributed by atoms with Crippen LogP contribution in [0.1, 0.15) is 0 Å². The van der Waals surface area contributed by atoms with Crippen molar-refractivity contribution in [3.63, 3.8) is 0 Å². The molecule has 56 valence electrons. The second-order valence-electron chi connectivity index (χ2n) is 2.23. The first-order chi connectivity index (χ1) is 5.27. The molecule has 1 heterocycles. The van der Waals surface area contributed by atoms with E-state index in [0.717, 1.165) is 0 Å². The number of benzene rings is 1. The number of anilines is 1. The van der Waals surface area contributed by atoms with E-state index < -0.39 is 0 Å². The van der Waals surface area contributed by atoms with E-state index in [4.69, 9.17) is 15.3 Å². The highest BCUT2D eigenvalue weighted by molar-refractivity contribution is 5.79. The molecule has 4 nitrogen and oxygen atoms in total. The van der Waals surface area contributed by atoms with Gasteiger partial charge in [0.25, 0.3) is 0 Å². The zero-order chi connectivity index (χ0) is 7.84. The van der Waals surface area contributed by atoms with Gasteiger partial charge in [-0.2, -0.15) is 0 Å². The molecule has 3 N–H and O–H groups in total. The number of aromatic hydroxyl groups is 1. The predicted molar refractivity (Wildman–Crippen MR) is 40.1 cm³/mol.